The summed E-state index contributed by atoms with van der Waals surface area (Å²) >= 11 is 0. The lowest BCUT2D eigenvalue weighted by atomic mass is 9.63. The lowest BCUT2D eigenvalue weighted by molar-refractivity contribution is -0.157. The first-order valence-corrected chi connectivity index (χ1v) is 6.22. The molecule has 0 bridgehead atoms. The molecule has 1 unspecified atom stereocenters. The minimum atomic E-state index is -0.506. The van der Waals surface area contributed by atoms with Crippen molar-refractivity contribution >= 4 is 5.97 Å². The predicted molar refractivity (Wildman–Crippen MR) is 65.3 cm³/mol. The zero-order chi connectivity index (χ0) is 12.4. The molecule has 16 heavy (non-hydrogen) atoms. The van der Waals surface area contributed by atoms with Crippen molar-refractivity contribution in [2.45, 2.75) is 65.0 Å². The van der Waals surface area contributed by atoms with Gasteiger partial charge in [0.25, 0.3) is 0 Å². The van der Waals surface area contributed by atoms with Crippen LogP contribution in [0.3, 0.4) is 0 Å². The number of carbonyl (C=O) groups is 1. The number of esters is 1. The highest BCUT2D eigenvalue weighted by Gasteiger charge is 2.53. The Kier molecular flexibility index (Phi) is 4.00. The fourth-order valence-corrected chi connectivity index (χ4v) is 2.88. The van der Waals surface area contributed by atoms with Crippen molar-refractivity contribution in [1.29, 1.82) is 0 Å². The Balaban J connectivity index is 3.05. The lowest BCUT2D eigenvalue weighted by Gasteiger charge is -2.49. The van der Waals surface area contributed by atoms with Crippen LogP contribution in [0.2, 0.25) is 0 Å². The van der Waals surface area contributed by atoms with Crippen molar-refractivity contribution < 1.29 is 9.53 Å². The van der Waals surface area contributed by atoms with Gasteiger partial charge in [0.15, 0.2) is 0 Å². The first-order chi connectivity index (χ1) is 7.35. The van der Waals surface area contributed by atoms with E-state index >= 15 is 0 Å². The number of rotatable bonds is 3. The smallest absolute Gasteiger partial charge is 0.326 e. The van der Waals surface area contributed by atoms with Gasteiger partial charge in [-0.2, -0.15) is 0 Å². The Hall–Kier alpha value is -0.570. The summed E-state index contributed by atoms with van der Waals surface area (Å²) in [4.78, 5) is 12.2. The van der Waals surface area contributed by atoms with E-state index in [9.17, 15) is 4.79 Å². The van der Waals surface area contributed by atoms with Crippen LogP contribution in [0.1, 0.15) is 53.4 Å². The van der Waals surface area contributed by atoms with Crippen LogP contribution in [0.15, 0.2) is 0 Å². The van der Waals surface area contributed by atoms with Gasteiger partial charge >= 0.3 is 5.97 Å². The molecule has 3 nitrogen and oxygen atoms in total. The van der Waals surface area contributed by atoms with Gasteiger partial charge in [0.05, 0.1) is 7.11 Å². The zero-order valence-corrected chi connectivity index (χ0v) is 11.2. The van der Waals surface area contributed by atoms with Crippen molar-refractivity contribution in [2.24, 2.45) is 5.41 Å². The van der Waals surface area contributed by atoms with Gasteiger partial charge in [-0.3, -0.25) is 10.1 Å². The molecule has 1 atom stereocenters. The van der Waals surface area contributed by atoms with Gasteiger partial charge in [-0.1, -0.05) is 26.7 Å². The van der Waals surface area contributed by atoms with Gasteiger partial charge < -0.3 is 4.74 Å². The number of hydrogen-bond acceptors (Lipinski definition) is 3. The number of hydrogen-bond donors (Lipinski definition) is 1. The van der Waals surface area contributed by atoms with E-state index in [4.69, 9.17) is 4.74 Å². The van der Waals surface area contributed by atoms with Crippen molar-refractivity contribution in [3.05, 3.63) is 0 Å². The Morgan fingerprint density at radius 3 is 2.25 bits per heavy atom. The Labute approximate surface area is 98.9 Å². The van der Waals surface area contributed by atoms with Crippen LogP contribution in [-0.4, -0.2) is 24.7 Å². The monoisotopic (exact) mass is 227 g/mol. The molecule has 0 amide bonds. The lowest BCUT2D eigenvalue weighted by Crippen LogP contribution is -2.65. The molecule has 0 radical (unpaired) electrons. The standard InChI is InChI=1S/C13H25NO2/c1-10(2)14-13(11(15)16-5)9-7-6-8-12(13,3)4/h10,14H,6-9H2,1-5H3. The van der Waals surface area contributed by atoms with Crippen LogP contribution in [0, 0.1) is 5.41 Å². The van der Waals surface area contributed by atoms with Gasteiger partial charge in [0.1, 0.15) is 5.54 Å². The maximum Gasteiger partial charge on any atom is 0.326 e. The topological polar surface area (TPSA) is 38.3 Å². The molecule has 0 saturated heterocycles. The van der Waals surface area contributed by atoms with E-state index in [-0.39, 0.29) is 17.4 Å². The van der Waals surface area contributed by atoms with Crippen LogP contribution < -0.4 is 5.32 Å². The van der Waals surface area contributed by atoms with Crippen LogP contribution >= 0.6 is 0 Å². The highest BCUT2D eigenvalue weighted by atomic mass is 16.5. The number of methoxy groups -OCH3 is 1. The second-order valence-corrected chi connectivity index (χ2v) is 5.79. The predicted octanol–water partition coefficient (Wildman–Crippen LogP) is 2.50. The summed E-state index contributed by atoms with van der Waals surface area (Å²) < 4.78 is 5.03. The molecule has 1 rings (SSSR count). The molecule has 94 valence electrons. The Morgan fingerprint density at radius 2 is 1.81 bits per heavy atom. The summed E-state index contributed by atoms with van der Waals surface area (Å²) in [5.41, 5.74) is -0.545. The van der Waals surface area contributed by atoms with Crippen molar-refractivity contribution in [3.63, 3.8) is 0 Å². The summed E-state index contributed by atoms with van der Waals surface area (Å²) in [6.45, 7) is 8.49. The molecule has 1 fully saturated rings. The molecule has 0 aromatic carbocycles. The van der Waals surface area contributed by atoms with E-state index in [0.29, 0.717) is 0 Å². The Bertz CT molecular complexity index is 261. The fraction of sp³-hybridized carbons (Fsp3) is 0.923. The molecular formula is C13H25NO2. The summed E-state index contributed by atoms with van der Waals surface area (Å²) in [5, 5.41) is 3.46. The van der Waals surface area contributed by atoms with E-state index in [0.717, 1.165) is 19.3 Å². The minimum absolute atomic E-state index is 0.0391. The molecule has 3 heteroatoms. The quantitative estimate of drug-likeness (QED) is 0.753. The molecule has 0 aromatic heterocycles. The molecule has 0 spiro atoms. The van der Waals surface area contributed by atoms with Gasteiger partial charge in [0.2, 0.25) is 0 Å². The second-order valence-electron chi connectivity index (χ2n) is 5.79. The average Bonchev–Trinajstić information content (AvgIpc) is 2.19. The number of carbonyl (C=O) groups excluding carboxylic acids is 1. The molecule has 0 heterocycles. The fourth-order valence-electron chi connectivity index (χ4n) is 2.88. The summed E-state index contributed by atoms with van der Waals surface area (Å²) in [5.74, 6) is -0.106. The maximum atomic E-state index is 12.2. The number of nitrogens with one attached hydrogen (secondary N) is 1. The average molecular weight is 227 g/mol. The van der Waals surface area contributed by atoms with E-state index in [2.05, 4.69) is 33.0 Å². The first-order valence-electron chi connectivity index (χ1n) is 6.22. The van der Waals surface area contributed by atoms with E-state index in [1.807, 2.05) is 0 Å². The van der Waals surface area contributed by atoms with Gasteiger partial charge in [-0.15, -0.1) is 0 Å². The summed E-state index contributed by atoms with van der Waals surface area (Å²) in [7, 11) is 1.48. The third-order valence-corrected chi connectivity index (χ3v) is 3.83. The molecule has 1 saturated carbocycles. The minimum Gasteiger partial charge on any atom is -0.468 e. The third-order valence-electron chi connectivity index (χ3n) is 3.83. The highest BCUT2D eigenvalue weighted by molar-refractivity contribution is 5.82. The van der Waals surface area contributed by atoms with Gasteiger partial charge in [-0.05, 0) is 32.1 Å². The van der Waals surface area contributed by atoms with Gasteiger partial charge in [0, 0.05) is 6.04 Å². The molecule has 1 aliphatic carbocycles. The van der Waals surface area contributed by atoms with Crippen LogP contribution in [-0.2, 0) is 9.53 Å². The highest BCUT2D eigenvalue weighted by Crippen LogP contribution is 2.44. The van der Waals surface area contributed by atoms with Crippen LogP contribution in [0.5, 0.6) is 0 Å². The Morgan fingerprint density at radius 1 is 1.25 bits per heavy atom. The molecular weight excluding hydrogens is 202 g/mol. The third kappa shape index (κ3) is 2.24. The second kappa shape index (κ2) is 4.74. The van der Waals surface area contributed by atoms with E-state index in [1.54, 1.807) is 0 Å². The largest absolute Gasteiger partial charge is 0.468 e. The molecule has 0 aliphatic heterocycles. The summed E-state index contributed by atoms with van der Waals surface area (Å²) in [6, 6.07) is 0.288. The molecule has 0 aromatic rings. The van der Waals surface area contributed by atoms with E-state index in [1.165, 1.54) is 13.5 Å². The van der Waals surface area contributed by atoms with Gasteiger partial charge in [-0.25, -0.2) is 0 Å². The summed E-state index contributed by atoms with van der Waals surface area (Å²) in [6.07, 6.45) is 4.25. The first kappa shape index (κ1) is 13.5. The maximum absolute atomic E-state index is 12.2. The van der Waals surface area contributed by atoms with Crippen molar-refractivity contribution in [1.82, 2.24) is 5.32 Å². The van der Waals surface area contributed by atoms with Crippen molar-refractivity contribution in [2.75, 3.05) is 7.11 Å². The molecule has 1 aliphatic rings. The van der Waals surface area contributed by atoms with Crippen LogP contribution in [0.25, 0.3) is 0 Å². The normalized spacial score (nSPS) is 29.1. The molecule has 1 N–H and O–H groups in total. The SMILES string of the molecule is COC(=O)C1(NC(C)C)CCCCC1(C)C. The van der Waals surface area contributed by atoms with E-state index < -0.39 is 5.54 Å². The number of ether oxygens (including phenoxy) is 1. The van der Waals surface area contributed by atoms with Crippen LogP contribution in [0.4, 0.5) is 0 Å². The van der Waals surface area contributed by atoms with Crippen molar-refractivity contribution in [3.8, 4) is 0 Å². The zero-order valence-electron chi connectivity index (χ0n) is 11.2.